The first-order chi connectivity index (χ1) is 15.0. The Hall–Kier alpha value is -1.60. The van der Waals surface area contributed by atoms with Crippen LogP contribution >= 0.6 is 0 Å². The SMILES string of the molecule is C[C@H](NS(=O)(=O)c1ccccc1F)C(=O)N1CCN(S(=O)(=O)N(C)C2CCCCC2)CC1. The summed E-state index contributed by atoms with van der Waals surface area (Å²) in [6, 6.07) is 3.82. The van der Waals surface area contributed by atoms with Crippen LogP contribution in [-0.4, -0.2) is 81.6 Å². The molecule has 2 fully saturated rings. The summed E-state index contributed by atoms with van der Waals surface area (Å²) in [7, 11) is -6.23. The summed E-state index contributed by atoms with van der Waals surface area (Å²) in [5.41, 5.74) is 0. The van der Waals surface area contributed by atoms with Gasteiger partial charge < -0.3 is 4.90 Å². The lowest BCUT2D eigenvalue weighted by Crippen LogP contribution is -2.57. The summed E-state index contributed by atoms with van der Waals surface area (Å²) in [6.45, 7) is 1.97. The van der Waals surface area contributed by atoms with Crippen LogP contribution in [-0.2, 0) is 25.0 Å². The zero-order valence-electron chi connectivity index (χ0n) is 18.4. The van der Waals surface area contributed by atoms with Crippen molar-refractivity contribution in [2.24, 2.45) is 0 Å². The number of sulfonamides is 1. The molecule has 0 radical (unpaired) electrons. The highest BCUT2D eigenvalue weighted by Gasteiger charge is 2.36. The highest BCUT2D eigenvalue weighted by Crippen LogP contribution is 2.25. The lowest BCUT2D eigenvalue weighted by Gasteiger charge is -2.39. The molecule has 2 aliphatic rings. The van der Waals surface area contributed by atoms with Crippen molar-refractivity contribution in [3.05, 3.63) is 30.1 Å². The number of carbonyl (C=O) groups excluding carboxylic acids is 1. The van der Waals surface area contributed by atoms with Crippen LogP contribution in [0.4, 0.5) is 4.39 Å². The first-order valence-electron chi connectivity index (χ1n) is 10.8. The quantitative estimate of drug-likeness (QED) is 0.617. The smallest absolute Gasteiger partial charge is 0.282 e. The molecule has 1 aromatic carbocycles. The highest BCUT2D eigenvalue weighted by atomic mass is 32.2. The first kappa shape index (κ1) is 25.0. The van der Waals surface area contributed by atoms with E-state index in [2.05, 4.69) is 4.72 Å². The Balaban J connectivity index is 1.58. The number of amides is 1. The van der Waals surface area contributed by atoms with Crippen LogP contribution in [0, 0.1) is 5.82 Å². The van der Waals surface area contributed by atoms with Crippen LogP contribution in [0.15, 0.2) is 29.2 Å². The van der Waals surface area contributed by atoms with Crippen molar-refractivity contribution in [2.75, 3.05) is 33.2 Å². The molecule has 1 amide bonds. The maximum atomic E-state index is 13.9. The Morgan fingerprint density at radius 2 is 1.66 bits per heavy atom. The Bertz CT molecular complexity index is 1020. The number of benzene rings is 1. The third-order valence-corrected chi connectivity index (χ3v) is 9.78. The molecule has 180 valence electrons. The Morgan fingerprint density at radius 1 is 1.06 bits per heavy atom. The minimum absolute atomic E-state index is 0.00113. The van der Waals surface area contributed by atoms with Crippen LogP contribution in [0.2, 0.25) is 0 Å². The molecular weight excluding hydrogens is 459 g/mol. The second-order valence-electron chi connectivity index (χ2n) is 8.31. The van der Waals surface area contributed by atoms with Gasteiger partial charge >= 0.3 is 0 Å². The minimum atomic E-state index is -4.22. The van der Waals surface area contributed by atoms with Crippen molar-refractivity contribution in [2.45, 2.75) is 56.0 Å². The molecule has 1 aliphatic heterocycles. The fourth-order valence-corrected chi connectivity index (χ4v) is 7.09. The molecule has 1 saturated heterocycles. The zero-order valence-corrected chi connectivity index (χ0v) is 20.0. The van der Waals surface area contributed by atoms with E-state index in [1.807, 2.05) is 0 Å². The number of hydrogen-bond acceptors (Lipinski definition) is 5. The second kappa shape index (κ2) is 10.1. The normalized spacial score (nSPS) is 20.4. The first-order valence-corrected chi connectivity index (χ1v) is 13.7. The predicted octanol–water partition coefficient (Wildman–Crippen LogP) is 1.15. The molecule has 9 nitrogen and oxygen atoms in total. The van der Waals surface area contributed by atoms with Crippen molar-refractivity contribution >= 4 is 26.1 Å². The van der Waals surface area contributed by atoms with Gasteiger partial charge in [0.15, 0.2) is 0 Å². The average Bonchev–Trinajstić information content (AvgIpc) is 2.78. The van der Waals surface area contributed by atoms with E-state index in [1.54, 1.807) is 7.05 Å². The van der Waals surface area contributed by atoms with Crippen molar-refractivity contribution in [1.29, 1.82) is 0 Å². The fourth-order valence-electron chi connectivity index (χ4n) is 4.24. The second-order valence-corrected chi connectivity index (χ2v) is 12.0. The summed E-state index contributed by atoms with van der Waals surface area (Å²) >= 11 is 0. The summed E-state index contributed by atoms with van der Waals surface area (Å²) in [4.78, 5) is 13.7. The molecule has 0 bridgehead atoms. The highest BCUT2D eigenvalue weighted by molar-refractivity contribution is 7.89. The van der Waals surface area contributed by atoms with E-state index in [9.17, 15) is 26.0 Å². The third kappa shape index (κ3) is 5.48. The van der Waals surface area contributed by atoms with Gasteiger partial charge in [-0.3, -0.25) is 4.79 Å². The number of hydrogen-bond donors (Lipinski definition) is 1. The van der Waals surface area contributed by atoms with Gasteiger partial charge in [0.25, 0.3) is 10.2 Å². The Morgan fingerprint density at radius 3 is 2.25 bits per heavy atom. The monoisotopic (exact) mass is 490 g/mol. The van der Waals surface area contributed by atoms with E-state index in [0.717, 1.165) is 44.2 Å². The topological polar surface area (TPSA) is 107 Å². The van der Waals surface area contributed by atoms with E-state index in [1.165, 1.54) is 32.6 Å². The van der Waals surface area contributed by atoms with Crippen LogP contribution in [0.3, 0.4) is 0 Å². The largest absolute Gasteiger partial charge is 0.339 e. The molecule has 0 spiro atoms. The van der Waals surface area contributed by atoms with Crippen molar-refractivity contribution in [3.8, 4) is 0 Å². The number of nitrogens with one attached hydrogen (secondary N) is 1. The molecule has 12 heteroatoms. The molecule has 0 unspecified atom stereocenters. The molecule has 1 saturated carbocycles. The average molecular weight is 491 g/mol. The molecule has 1 N–H and O–H groups in total. The van der Waals surface area contributed by atoms with Gasteiger partial charge in [0.05, 0.1) is 6.04 Å². The van der Waals surface area contributed by atoms with Crippen LogP contribution in [0.1, 0.15) is 39.0 Å². The van der Waals surface area contributed by atoms with Gasteiger partial charge in [-0.2, -0.15) is 21.8 Å². The molecule has 1 heterocycles. The van der Waals surface area contributed by atoms with Gasteiger partial charge in [-0.25, -0.2) is 12.8 Å². The number of nitrogens with zero attached hydrogens (tertiary/aromatic N) is 3. The van der Waals surface area contributed by atoms with E-state index in [0.29, 0.717) is 0 Å². The molecule has 32 heavy (non-hydrogen) atoms. The van der Waals surface area contributed by atoms with Crippen LogP contribution < -0.4 is 4.72 Å². The standard InChI is InChI=1S/C20H31FN4O5S2/c1-16(22-31(27,28)19-11-7-6-10-18(19)21)20(26)24-12-14-25(15-13-24)32(29,30)23(2)17-8-4-3-5-9-17/h6-7,10-11,16-17,22H,3-5,8-9,12-15H2,1-2H3/t16-/m0/s1. The molecule has 1 atom stereocenters. The third-order valence-electron chi connectivity index (χ3n) is 6.16. The lowest BCUT2D eigenvalue weighted by molar-refractivity contribution is -0.133. The fraction of sp³-hybridized carbons (Fsp3) is 0.650. The van der Waals surface area contributed by atoms with Crippen LogP contribution in [0.5, 0.6) is 0 Å². The maximum absolute atomic E-state index is 13.9. The van der Waals surface area contributed by atoms with E-state index in [-0.39, 0.29) is 32.2 Å². The van der Waals surface area contributed by atoms with Crippen molar-refractivity contribution in [1.82, 2.24) is 18.2 Å². The number of carbonyl (C=O) groups is 1. The van der Waals surface area contributed by atoms with Gasteiger partial charge in [0, 0.05) is 39.3 Å². The number of halogens is 1. The molecule has 1 aromatic rings. The van der Waals surface area contributed by atoms with Crippen molar-refractivity contribution < 1.29 is 26.0 Å². The summed E-state index contributed by atoms with van der Waals surface area (Å²) in [6.07, 6.45) is 4.88. The van der Waals surface area contributed by atoms with Gasteiger partial charge in [-0.1, -0.05) is 31.4 Å². The minimum Gasteiger partial charge on any atom is -0.339 e. The number of rotatable bonds is 7. The Labute approximate surface area is 189 Å². The maximum Gasteiger partial charge on any atom is 0.282 e. The van der Waals surface area contributed by atoms with Gasteiger partial charge in [0.1, 0.15) is 10.7 Å². The van der Waals surface area contributed by atoms with Crippen molar-refractivity contribution in [3.63, 3.8) is 0 Å². The molecule has 1 aliphatic carbocycles. The van der Waals surface area contributed by atoms with E-state index < -0.39 is 42.9 Å². The van der Waals surface area contributed by atoms with Crippen LogP contribution in [0.25, 0.3) is 0 Å². The Kier molecular flexibility index (Phi) is 7.92. The zero-order chi connectivity index (χ0) is 23.5. The molecular formula is C20H31FN4O5S2. The van der Waals surface area contributed by atoms with Gasteiger partial charge in [-0.05, 0) is 31.9 Å². The molecule has 3 rings (SSSR count). The molecule has 0 aromatic heterocycles. The van der Waals surface area contributed by atoms with Gasteiger partial charge in [-0.15, -0.1) is 0 Å². The summed E-state index contributed by atoms with van der Waals surface area (Å²) < 4.78 is 69.8. The summed E-state index contributed by atoms with van der Waals surface area (Å²) in [5.74, 6) is -1.39. The predicted molar refractivity (Wildman–Crippen MR) is 118 cm³/mol. The number of piperazine rings is 1. The van der Waals surface area contributed by atoms with Gasteiger partial charge in [0.2, 0.25) is 15.9 Å². The van der Waals surface area contributed by atoms with E-state index in [4.69, 9.17) is 0 Å². The lowest BCUT2D eigenvalue weighted by atomic mass is 9.96. The van der Waals surface area contributed by atoms with E-state index >= 15 is 0 Å². The summed E-state index contributed by atoms with van der Waals surface area (Å²) in [5, 5.41) is 0.